The van der Waals surface area contributed by atoms with Gasteiger partial charge in [-0.2, -0.15) is 0 Å². The van der Waals surface area contributed by atoms with Crippen LogP contribution in [-0.4, -0.2) is 38.1 Å². The van der Waals surface area contributed by atoms with Crippen molar-refractivity contribution in [2.24, 2.45) is 29.6 Å². The smallest absolute Gasteiger partial charge is 0.145 e. The van der Waals surface area contributed by atoms with Crippen LogP contribution in [0.3, 0.4) is 0 Å². The van der Waals surface area contributed by atoms with E-state index in [9.17, 15) is 0 Å². The first-order valence-electron chi connectivity index (χ1n) is 17.1. The first-order chi connectivity index (χ1) is 21.1. The van der Waals surface area contributed by atoms with Gasteiger partial charge in [0, 0.05) is 5.92 Å². The van der Waals surface area contributed by atoms with Crippen LogP contribution in [0.2, 0.25) is 0 Å². The Balaban J connectivity index is 0.891. The van der Waals surface area contributed by atoms with Crippen molar-refractivity contribution in [1.29, 1.82) is 0 Å². The molecule has 4 heteroatoms. The van der Waals surface area contributed by atoms with Crippen molar-refractivity contribution in [2.75, 3.05) is 19.8 Å². The van der Waals surface area contributed by atoms with E-state index in [-0.39, 0.29) is 24.2 Å². The normalized spacial score (nSPS) is 33.0. The van der Waals surface area contributed by atoms with Crippen LogP contribution in [-0.2, 0) is 32.1 Å². The Kier molecular flexibility index (Phi) is 10.9. The standard InChI is InChI=1S/C39H52O4/c1-28-5-9-32(10-6-28)24-34-17-13-30(14-18-34)4-3-23-42-43-37-27-41-38-36(26-40-39(37)38)22-21-31-15-19-35(20-16-31)25-33-11-7-29(2)8-12-33/h3-4,13-22,28-29,32-33,36-39H,5-12,23-27H2,1-2H3/b4-3+,22-21?/t28?,29?,32?,33?,36-,37+,38-,39-/m1/s1. The number of hydrogen-bond donors (Lipinski definition) is 0. The van der Waals surface area contributed by atoms with Crippen molar-refractivity contribution in [3.63, 3.8) is 0 Å². The number of ether oxygens (including phenoxy) is 2. The van der Waals surface area contributed by atoms with Gasteiger partial charge in [-0.1, -0.05) is 112 Å². The molecule has 0 aromatic heterocycles. The molecule has 4 aliphatic rings. The summed E-state index contributed by atoms with van der Waals surface area (Å²) in [6.07, 6.45) is 21.8. The zero-order valence-corrected chi connectivity index (χ0v) is 26.4. The molecule has 0 N–H and O–H groups in total. The minimum absolute atomic E-state index is 0.0175. The van der Waals surface area contributed by atoms with Crippen molar-refractivity contribution < 1.29 is 19.2 Å². The highest BCUT2D eigenvalue weighted by molar-refractivity contribution is 5.51. The van der Waals surface area contributed by atoms with Crippen molar-refractivity contribution in [2.45, 2.75) is 96.4 Å². The van der Waals surface area contributed by atoms with Gasteiger partial charge in [0.2, 0.25) is 0 Å². The van der Waals surface area contributed by atoms with Gasteiger partial charge in [-0.05, 0) is 84.5 Å². The van der Waals surface area contributed by atoms with Crippen LogP contribution >= 0.6 is 0 Å². The Hall–Kier alpha value is -2.24. The molecule has 0 spiro atoms. The lowest BCUT2D eigenvalue weighted by atomic mass is 9.80. The zero-order valence-electron chi connectivity index (χ0n) is 26.4. The molecule has 43 heavy (non-hydrogen) atoms. The topological polar surface area (TPSA) is 36.9 Å². The molecule has 0 amide bonds. The third-order valence-electron chi connectivity index (χ3n) is 10.5. The second-order valence-corrected chi connectivity index (χ2v) is 14.1. The maximum absolute atomic E-state index is 6.10. The molecule has 0 unspecified atom stereocenters. The second-order valence-electron chi connectivity index (χ2n) is 14.1. The third kappa shape index (κ3) is 8.69. The molecule has 4 fully saturated rings. The summed E-state index contributed by atoms with van der Waals surface area (Å²) in [5.41, 5.74) is 5.34. The van der Waals surface area contributed by atoms with Crippen LogP contribution in [0.1, 0.15) is 87.5 Å². The molecule has 2 aliphatic carbocycles. The summed E-state index contributed by atoms with van der Waals surface area (Å²) in [4.78, 5) is 11.3. The molecule has 2 saturated heterocycles. The number of benzene rings is 2. The number of rotatable bonds is 11. The predicted molar refractivity (Wildman–Crippen MR) is 174 cm³/mol. The van der Waals surface area contributed by atoms with Gasteiger partial charge in [-0.25, -0.2) is 9.78 Å². The van der Waals surface area contributed by atoms with Gasteiger partial charge in [0.25, 0.3) is 0 Å². The Bertz CT molecular complexity index is 1170. The van der Waals surface area contributed by atoms with Gasteiger partial charge in [0.1, 0.15) is 18.8 Å². The number of fused-ring (bicyclic) bond motifs is 1. The fourth-order valence-corrected chi connectivity index (χ4v) is 7.59. The zero-order chi connectivity index (χ0) is 29.4. The van der Waals surface area contributed by atoms with Gasteiger partial charge in [0.15, 0.2) is 0 Å². The molecule has 232 valence electrons. The maximum atomic E-state index is 6.10. The maximum Gasteiger partial charge on any atom is 0.145 e. The third-order valence-corrected chi connectivity index (χ3v) is 10.5. The van der Waals surface area contributed by atoms with E-state index in [0.29, 0.717) is 19.8 Å². The molecule has 2 aromatic carbocycles. The molecular weight excluding hydrogens is 532 g/mol. The molecular formula is C39H52O4. The van der Waals surface area contributed by atoms with Crippen LogP contribution in [0, 0.1) is 29.6 Å². The molecule has 2 saturated carbocycles. The Morgan fingerprint density at radius 2 is 1.19 bits per heavy atom. The van der Waals surface area contributed by atoms with E-state index in [0.717, 1.165) is 23.7 Å². The van der Waals surface area contributed by atoms with Gasteiger partial charge < -0.3 is 9.47 Å². The molecule has 2 heterocycles. The van der Waals surface area contributed by atoms with Crippen molar-refractivity contribution in [3.05, 3.63) is 82.9 Å². The fraction of sp³-hybridized carbons (Fsp3) is 0.590. The molecule has 6 rings (SSSR count). The lowest BCUT2D eigenvalue weighted by molar-refractivity contribution is -0.326. The van der Waals surface area contributed by atoms with Crippen molar-refractivity contribution in [1.82, 2.24) is 0 Å². The SMILES string of the molecule is CC1CCC(Cc2ccc(C=C[C@@H]3CO[C@H]4[C@@H]3OC[C@@H]4OOC/C=C/c3ccc(CC4CCC(C)CC4)cc3)cc2)CC1. The quantitative estimate of drug-likeness (QED) is 0.150. The average Bonchev–Trinajstić information content (AvgIpc) is 3.62. The van der Waals surface area contributed by atoms with E-state index >= 15 is 0 Å². The largest absolute Gasteiger partial charge is 0.372 e. The van der Waals surface area contributed by atoms with Gasteiger partial charge in [0.05, 0.1) is 19.3 Å². The van der Waals surface area contributed by atoms with Gasteiger partial charge >= 0.3 is 0 Å². The second kappa shape index (κ2) is 15.2. The molecule has 4 atom stereocenters. The van der Waals surface area contributed by atoms with E-state index in [1.807, 2.05) is 6.08 Å². The van der Waals surface area contributed by atoms with Crippen LogP contribution in [0.4, 0.5) is 0 Å². The lowest BCUT2D eigenvalue weighted by Crippen LogP contribution is -2.31. The summed E-state index contributed by atoms with van der Waals surface area (Å²) in [6, 6.07) is 18.1. The summed E-state index contributed by atoms with van der Waals surface area (Å²) in [5.74, 6) is 3.77. The first kappa shape index (κ1) is 30.8. The summed E-state index contributed by atoms with van der Waals surface area (Å²) < 4.78 is 12.2. The first-order valence-corrected chi connectivity index (χ1v) is 17.1. The summed E-state index contributed by atoms with van der Waals surface area (Å²) >= 11 is 0. The highest BCUT2D eigenvalue weighted by Crippen LogP contribution is 2.35. The van der Waals surface area contributed by atoms with E-state index in [4.69, 9.17) is 19.2 Å². The summed E-state index contributed by atoms with van der Waals surface area (Å²) in [7, 11) is 0. The lowest BCUT2D eigenvalue weighted by Gasteiger charge is -2.26. The van der Waals surface area contributed by atoms with Crippen LogP contribution < -0.4 is 0 Å². The molecule has 2 aliphatic heterocycles. The van der Waals surface area contributed by atoms with E-state index in [1.54, 1.807) is 0 Å². The van der Waals surface area contributed by atoms with E-state index in [2.05, 4.69) is 80.6 Å². The van der Waals surface area contributed by atoms with Crippen LogP contribution in [0.15, 0.2) is 60.7 Å². The minimum atomic E-state index is -0.194. The van der Waals surface area contributed by atoms with Crippen molar-refractivity contribution >= 4 is 12.2 Å². The molecule has 4 nitrogen and oxygen atoms in total. The monoisotopic (exact) mass is 584 g/mol. The average molecular weight is 585 g/mol. The predicted octanol–water partition coefficient (Wildman–Crippen LogP) is 8.88. The van der Waals surface area contributed by atoms with Crippen LogP contribution in [0.25, 0.3) is 12.2 Å². The molecule has 0 radical (unpaired) electrons. The minimum Gasteiger partial charge on any atom is -0.372 e. The van der Waals surface area contributed by atoms with Crippen LogP contribution in [0.5, 0.6) is 0 Å². The highest BCUT2D eigenvalue weighted by atomic mass is 17.2. The van der Waals surface area contributed by atoms with Crippen molar-refractivity contribution in [3.8, 4) is 0 Å². The Morgan fingerprint density at radius 1 is 0.651 bits per heavy atom. The Morgan fingerprint density at radius 3 is 1.77 bits per heavy atom. The summed E-state index contributed by atoms with van der Waals surface area (Å²) in [6.45, 7) is 6.33. The number of hydrogen-bond acceptors (Lipinski definition) is 4. The highest BCUT2D eigenvalue weighted by Gasteiger charge is 2.48. The summed E-state index contributed by atoms with van der Waals surface area (Å²) in [5, 5.41) is 0. The molecule has 2 aromatic rings. The van der Waals surface area contributed by atoms with Gasteiger partial charge in [-0.3, -0.25) is 0 Å². The Labute approximate surface area is 259 Å². The van der Waals surface area contributed by atoms with Gasteiger partial charge in [-0.15, -0.1) is 0 Å². The fourth-order valence-electron chi connectivity index (χ4n) is 7.59. The molecule has 0 bridgehead atoms. The van der Waals surface area contributed by atoms with E-state index in [1.165, 1.54) is 86.5 Å². The van der Waals surface area contributed by atoms with E-state index < -0.39 is 0 Å².